The summed E-state index contributed by atoms with van der Waals surface area (Å²) in [6.07, 6.45) is 5.79. The molecule has 6 nitrogen and oxygen atoms in total. The quantitative estimate of drug-likeness (QED) is 0.621. The second-order valence-electron chi connectivity index (χ2n) is 10.5. The molecule has 0 spiro atoms. The molecule has 0 aliphatic heterocycles. The number of aliphatic hydroxyl groups excluding tert-OH is 1. The Labute approximate surface area is 188 Å². The summed E-state index contributed by atoms with van der Waals surface area (Å²) in [4.78, 5) is 36.5. The molecule has 0 aromatic carbocycles. The topological polar surface area (TPSA) is 101 Å². The van der Waals surface area contributed by atoms with Crippen LogP contribution in [0.4, 0.5) is 0 Å². The van der Waals surface area contributed by atoms with Crippen LogP contribution in [0, 0.1) is 28.6 Å². The summed E-state index contributed by atoms with van der Waals surface area (Å²) < 4.78 is 4.63. The lowest BCUT2D eigenvalue weighted by molar-refractivity contribution is -0.178. The van der Waals surface area contributed by atoms with E-state index in [1.807, 2.05) is 13.0 Å². The highest BCUT2D eigenvalue weighted by atomic mass is 32.2. The fraction of sp³-hybridized carbons (Fsp3) is 0.792. The fourth-order valence-corrected chi connectivity index (χ4v) is 8.37. The number of fused-ring (bicyclic) bond motifs is 5. The van der Waals surface area contributed by atoms with Crippen LogP contribution < -0.4 is 0 Å². The molecule has 0 aromatic rings. The molecule has 0 bridgehead atoms. The van der Waals surface area contributed by atoms with E-state index in [0.717, 1.165) is 25.7 Å². The van der Waals surface area contributed by atoms with Gasteiger partial charge in [0.05, 0.1) is 24.7 Å². The molecule has 0 aromatic heterocycles. The van der Waals surface area contributed by atoms with Crippen molar-refractivity contribution in [3.63, 3.8) is 0 Å². The zero-order valence-electron chi connectivity index (χ0n) is 18.7. The van der Waals surface area contributed by atoms with E-state index >= 15 is 0 Å². The Hall–Kier alpha value is -1.18. The van der Waals surface area contributed by atoms with Crippen LogP contribution in [-0.2, 0) is 19.1 Å². The van der Waals surface area contributed by atoms with E-state index in [9.17, 15) is 24.6 Å². The third kappa shape index (κ3) is 3.42. The van der Waals surface area contributed by atoms with Gasteiger partial charge >= 0.3 is 5.97 Å². The zero-order valence-corrected chi connectivity index (χ0v) is 19.5. The van der Waals surface area contributed by atoms with Crippen molar-refractivity contribution in [2.24, 2.45) is 28.6 Å². The van der Waals surface area contributed by atoms with Crippen molar-refractivity contribution in [3.05, 3.63) is 11.6 Å². The second-order valence-corrected chi connectivity index (χ2v) is 11.5. The second kappa shape index (κ2) is 7.99. The molecule has 3 saturated carbocycles. The van der Waals surface area contributed by atoms with Gasteiger partial charge in [0.2, 0.25) is 0 Å². The number of allylic oxidation sites excluding steroid dienone is 1. The lowest BCUT2D eigenvalue weighted by atomic mass is 9.45. The predicted octanol–water partition coefficient (Wildman–Crippen LogP) is 2.70. The van der Waals surface area contributed by atoms with Gasteiger partial charge in [-0.15, -0.1) is 11.8 Å². The number of rotatable bonds is 5. The Morgan fingerprint density at radius 3 is 2.65 bits per heavy atom. The van der Waals surface area contributed by atoms with Crippen molar-refractivity contribution in [2.75, 3.05) is 18.6 Å². The summed E-state index contributed by atoms with van der Waals surface area (Å²) in [6, 6.07) is 0. The molecular weight excluding hydrogens is 416 g/mol. The van der Waals surface area contributed by atoms with Crippen LogP contribution in [-0.4, -0.2) is 58.1 Å². The van der Waals surface area contributed by atoms with Crippen molar-refractivity contribution in [1.82, 2.24) is 0 Å². The largest absolute Gasteiger partial charge is 0.468 e. The van der Waals surface area contributed by atoms with Crippen LogP contribution in [0.2, 0.25) is 0 Å². The normalized spacial score (nSPS) is 44.0. The average molecular weight is 451 g/mol. The maximum absolute atomic E-state index is 13.1. The molecule has 0 amide bonds. The highest BCUT2D eigenvalue weighted by molar-refractivity contribution is 8.00. The van der Waals surface area contributed by atoms with Crippen LogP contribution in [0.1, 0.15) is 58.8 Å². The fourth-order valence-electron chi connectivity index (χ4n) is 7.56. The van der Waals surface area contributed by atoms with Crippen LogP contribution >= 0.6 is 11.8 Å². The molecule has 172 valence electrons. The van der Waals surface area contributed by atoms with E-state index in [4.69, 9.17) is 0 Å². The monoisotopic (exact) mass is 450 g/mol. The van der Waals surface area contributed by atoms with Gasteiger partial charge in [-0.2, -0.15) is 0 Å². The minimum absolute atomic E-state index is 0.0600. The van der Waals surface area contributed by atoms with Gasteiger partial charge in [-0.05, 0) is 67.8 Å². The molecule has 4 aliphatic rings. The van der Waals surface area contributed by atoms with Crippen LogP contribution in [0.15, 0.2) is 11.6 Å². The molecule has 0 radical (unpaired) electrons. The van der Waals surface area contributed by atoms with E-state index in [1.165, 1.54) is 24.4 Å². The number of esters is 1. The first-order chi connectivity index (χ1) is 14.6. The Kier molecular flexibility index (Phi) is 5.93. The Morgan fingerprint density at radius 1 is 1.19 bits per heavy atom. The van der Waals surface area contributed by atoms with Crippen LogP contribution in [0.25, 0.3) is 0 Å². The van der Waals surface area contributed by atoms with Crippen molar-refractivity contribution in [1.29, 1.82) is 0 Å². The number of methoxy groups -OCH3 is 1. The van der Waals surface area contributed by atoms with Gasteiger partial charge < -0.3 is 14.9 Å². The van der Waals surface area contributed by atoms with E-state index < -0.39 is 17.1 Å². The van der Waals surface area contributed by atoms with Gasteiger partial charge in [0, 0.05) is 11.8 Å². The standard InChI is InChI=1S/C24H34O6S/c1-22-8-6-15(25)10-14(22)4-5-16-17-7-9-24(29,19(27)12-31-13-20(28)30-3)23(17,2)11-18(26)21(16)22/h10,16-18,21,26,29H,4-9,11-13H2,1-3H3/t16?,17?,18?,21?,22-,23-,24-/m0/s1. The van der Waals surface area contributed by atoms with Crippen LogP contribution in [0.3, 0.4) is 0 Å². The van der Waals surface area contributed by atoms with Crippen molar-refractivity contribution in [2.45, 2.75) is 70.5 Å². The Balaban J connectivity index is 1.57. The van der Waals surface area contributed by atoms with Gasteiger partial charge in [0.25, 0.3) is 0 Å². The van der Waals surface area contributed by atoms with Crippen LogP contribution in [0.5, 0.6) is 0 Å². The minimum Gasteiger partial charge on any atom is -0.468 e. The highest BCUT2D eigenvalue weighted by Crippen LogP contribution is 2.67. The number of Topliss-reactive ketones (excluding diaryl/α,β-unsaturated/α-hetero) is 1. The van der Waals surface area contributed by atoms with E-state index in [2.05, 4.69) is 11.7 Å². The lowest BCUT2D eigenvalue weighted by Crippen LogP contribution is -2.62. The predicted molar refractivity (Wildman–Crippen MR) is 117 cm³/mol. The third-order valence-electron chi connectivity index (χ3n) is 9.19. The summed E-state index contributed by atoms with van der Waals surface area (Å²) in [6.45, 7) is 4.18. The number of aliphatic hydroxyl groups is 2. The molecule has 7 heteroatoms. The minimum atomic E-state index is -1.48. The summed E-state index contributed by atoms with van der Waals surface area (Å²) in [5.41, 5.74) is -1.17. The number of hydrogen-bond donors (Lipinski definition) is 2. The van der Waals surface area contributed by atoms with Gasteiger partial charge in [-0.25, -0.2) is 0 Å². The Morgan fingerprint density at radius 2 is 1.94 bits per heavy atom. The van der Waals surface area contributed by atoms with Gasteiger partial charge in [0.1, 0.15) is 5.60 Å². The Bertz CT molecular complexity index is 823. The van der Waals surface area contributed by atoms with E-state index in [0.29, 0.717) is 19.3 Å². The molecular formula is C24H34O6S. The lowest BCUT2D eigenvalue weighted by Gasteiger charge is -2.60. The molecule has 7 atom stereocenters. The van der Waals surface area contributed by atoms with Crippen molar-refractivity contribution < 1.29 is 29.3 Å². The first-order valence-corrected chi connectivity index (χ1v) is 12.5. The number of thioether (sulfide) groups is 1. The van der Waals surface area contributed by atoms with E-state index in [-0.39, 0.29) is 52.2 Å². The number of ether oxygens (including phenoxy) is 1. The first-order valence-electron chi connectivity index (χ1n) is 11.4. The molecule has 4 unspecified atom stereocenters. The van der Waals surface area contributed by atoms with E-state index in [1.54, 1.807) is 0 Å². The molecule has 0 saturated heterocycles. The molecule has 2 N–H and O–H groups in total. The summed E-state index contributed by atoms with van der Waals surface area (Å²) in [7, 11) is 1.31. The maximum atomic E-state index is 13.1. The van der Waals surface area contributed by atoms with Gasteiger partial charge in [-0.1, -0.05) is 19.4 Å². The zero-order chi connectivity index (χ0) is 22.6. The SMILES string of the molecule is COC(=O)CSCC(=O)[C@@]1(O)CCC2C3CCC4=CC(=O)CC[C@]4(C)C3C(O)C[C@@]21C. The van der Waals surface area contributed by atoms with Gasteiger partial charge in [-0.3, -0.25) is 14.4 Å². The van der Waals surface area contributed by atoms with Gasteiger partial charge in [0.15, 0.2) is 11.6 Å². The molecule has 31 heavy (non-hydrogen) atoms. The summed E-state index contributed by atoms with van der Waals surface area (Å²) in [5.74, 6) is 0.147. The smallest absolute Gasteiger partial charge is 0.315 e. The molecule has 4 aliphatic carbocycles. The number of carbonyl (C=O) groups is 3. The number of hydrogen-bond acceptors (Lipinski definition) is 7. The third-order valence-corrected chi connectivity index (χ3v) is 10.1. The summed E-state index contributed by atoms with van der Waals surface area (Å²) in [5, 5.41) is 23.0. The molecule has 3 fully saturated rings. The molecule has 4 rings (SSSR count). The average Bonchev–Trinajstić information content (AvgIpc) is 2.99. The number of ketones is 2. The van der Waals surface area contributed by atoms with Crippen molar-refractivity contribution in [3.8, 4) is 0 Å². The maximum Gasteiger partial charge on any atom is 0.315 e. The molecule has 0 heterocycles. The number of carbonyl (C=O) groups excluding carboxylic acids is 3. The summed E-state index contributed by atoms with van der Waals surface area (Å²) >= 11 is 1.17. The highest BCUT2D eigenvalue weighted by Gasteiger charge is 2.68. The first kappa shape index (κ1) is 23.0. The van der Waals surface area contributed by atoms with Crippen molar-refractivity contribution >= 4 is 29.3 Å².